The molecule has 3 N–H and O–H groups in total. The number of carbonyl (C=O) groups is 2. The van der Waals surface area contributed by atoms with Crippen LogP contribution >= 0.6 is 12.4 Å². The Morgan fingerprint density at radius 2 is 2.00 bits per heavy atom. The molecule has 106 valence electrons. The van der Waals surface area contributed by atoms with Gasteiger partial charge in [-0.15, -0.1) is 12.4 Å². The van der Waals surface area contributed by atoms with Crippen molar-refractivity contribution in [1.29, 1.82) is 0 Å². The number of amides is 1. The van der Waals surface area contributed by atoms with E-state index in [9.17, 15) is 9.59 Å². The maximum atomic E-state index is 11.7. The van der Waals surface area contributed by atoms with E-state index in [1.807, 2.05) is 0 Å². The molecule has 18 heavy (non-hydrogen) atoms. The van der Waals surface area contributed by atoms with Crippen LogP contribution in [0.1, 0.15) is 39.0 Å². The van der Waals surface area contributed by atoms with Gasteiger partial charge in [0.2, 0.25) is 5.91 Å². The van der Waals surface area contributed by atoms with Crippen LogP contribution in [0.25, 0.3) is 0 Å². The molecule has 1 amide bonds. The standard InChI is InChI=1S/C12H22N2O3.ClH/c1-8(12(16)17-2)14-11(15)7-9-5-3-4-6-10(9)13;/h8-10H,3-7,13H2,1-2H3,(H,14,15);1H. The number of esters is 1. The van der Waals surface area contributed by atoms with Crippen LogP contribution in [0.4, 0.5) is 0 Å². The molecule has 0 aromatic rings. The number of halogens is 1. The van der Waals surface area contributed by atoms with Crippen LogP contribution in [0, 0.1) is 5.92 Å². The Hall–Kier alpha value is -0.810. The van der Waals surface area contributed by atoms with Gasteiger partial charge in [-0.25, -0.2) is 4.79 Å². The SMILES string of the molecule is COC(=O)C(C)NC(=O)CC1CCCCC1N.Cl. The first-order chi connectivity index (χ1) is 8.04. The van der Waals surface area contributed by atoms with Crippen molar-refractivity contribution in [1.82, 2.24) is 5.32 Å². The largest absolute Gasteiger partial charge is 0.467 e. The monoisotopic (exact) mass is 278 g/mol. The smallest absolute Gasteiger partial charge is 0.328 e. The van der Waals surface area contributed by atoms with Crippen molar-refractivity contribution in [2.75, 3.05) is 7.11 Å². The van der Waals surface area contributed by atoms with Crippen molar-refractivity contribution in [3.05, 3.63) is 0 Å². The van der Waals surface area contributed by atoms with E-state index in [-0.39, 0.29) is 30.3 Å². The average molecular weight is 279 g/mol. The molecule has 1 saturated carbocycles. The second kappa shape index (κ2) is 8.32. The lowest BCUT2D eigenvalue weighted by Gasteiger charge is -2.28. The van der Waals surface area contributed by atoms with Gasteiger partial charge in [-0.05, 0) is 25.7 Å². The van der Waals surface area contributed by atoms with Crippen LogP contribution in [-0.2, 0) is 14.3 Å². The summed E-state index contributed by atoms with van der Waals surface area (Å²) in [6, 6.07) is -0.477. The number of hydrogen-bond donors (Lipinski definition) is 2. The van der Waals surface area contributed by atoms with Crippen LogP contribution in [0.15, 0.2) is 0 Å². The zero-order chi connectivity index (χ0) is 12.8. The van der Waals surface area contributed by atoms with Crippen molar-refractivity contribution in [3.63, 3.8) is 0 Å². The van der Waals surface area contributed by atoms with Crippen molar-refractivity contribution in [2.45, 2.75) is 51.1 Å². The van der Waals surface area contributed by atoms with E-state index >= 15 is 0 Å². The van der Waals surface area contributed by atoms with E-state index in [2.05, 4.69) is 10.1 Å². The van der Waals surface area contributed by atoms with Crippen LogP contribution < -0.4 is 11.1 Å². The molecule has 1 fully saturated rings. The second-order valence-corrected chi connectivity index (χ2v) is 4.72. The lowest BCUT2D eigenvalue weighted by Crippen LogP contribution is -2.42. The van der Waals surface area contributed by atoms with Crippen molar-refractivity contribution < 1.29 is 14.3 Å². The van der Waals surface area contributed by atoms with E-state index in [0.717, 1.165) is 25.7 Å². The van der Waals surface area contributed by atoms with E-state index in [4.69, 9.17) is 5.73 Å². The van der Waals surface area contributed by atoms with Gasteiger partial charge in [0, 0.05) is 12.5 Å². The molecule has 0 aliphatic heterocycles. The molecule has 1 aliphatic rings. The summed E-state index contributed by atoms with van der Waals surface area (Å²) < 4.78 is 4.55. The van der Waals surface area contributed by atoms with Gasteiger partial charge >= 0.3 is 5.97 Å². The van der Waals surface area contributed by atoms with Gasteiger partial charge in [-0.3, -0.25) is 4.79 Å². The average Bonchev–Trinajstić information content (AvgIpc) is 2.31. The predicted octanol–water partition coefficient (Wildman–Crippen LogP) is 0.993. The van der Waals surface area contributed by atoms with Gasteiger partial charge < -0.3 is 15.8 Å². The van der Waals surface area contributed by atoms with Crippen molar-refractivity contribution in [2.24, 2.45) is 11.7 Å². The summed E-state index contributed by atoms with van der Waals surface area (Å²) in [5, 5.41) is 2.63. The van der Waals surface area contributed by atoms with Gasteiger partial charge in [0.05, 0.1) is 7.11 Å². The topological polar surface area (TPSA) is 81.4 Å². The second-order valence-electron chi connectivity index (χ2n) is 4.72. The minimum absolute atomic E-state index is 0. The summed E-state index contributed by atoms with van der Waals surface area (Å²) in [5.41, 5.74) is 5.97. The number of nitrogens with one attached hydrogen (secondary N) is 1. The molecule has 0 aromatic heterocycles. The molecule has 3 unspecified atom stereocenters. The lowest BCUT2D eigenvalue weighted by atomic mass is 9.83. The molecule has 5 nitrogen and oxygen atoms in total. The summed E-state index contributed by atoms with van der Waals surface area (Å²) in [6.45, 7) is 1.62. The van der Waals surface area contributed by atoms with E-state index < -0.39 is 12.0 Å². The maximum absolute atomic E-state index is 11.7. The Morgan fingerprint density at radius 1 is 1.39 bits per heavy atom. The fraction of sp³-hybridized carbons (Fsp3) is 0.833. The Balaban J connectivity index is 0.00000289. The van der Waals surface area contributed by atoms with Gasteiger partial charge in [0.25, 0.3) is 0 Å². The number of rotatable bonds is 4. The number of ether oxygens (including phenoxy) is 1. The number of methoxy groups -OCH3 is 1. The van der Waals surface area contributed by atoms with Gasteiger partial charge in [0.1, 0.15) is 6.04 Å². The van der Waals surface area contributed by atoms with Gasteiger partial charge in [-0.2, -0.15) is 0 Å². The molecule has 6 heteroatoms. The molecule has 0 spiro atoms. The highest BCUT2D eigenvalue weighted by atomic mass is 35.5. The quantitative estimate of drug-likeness (QED) is 0.752. The Labute approximate surface area is 114 Å². The Morgan fingerprint density at radius 3 is 2.56 bits per heavy atom. The zero-order valence-electron chi connectivity index (χ0n) is 11.0. The normalized spacial score (nSPS) is 24.6. The van der Waals surface area contributed by atoms with Crippen LogP contribution in [0.2, 0.25) is 0 Å². The first kappa shape index (κ1) is 17.2. The van der Waals surface area contributed by atoms with Crippen LogP contribution in [0.3, 0.4) is 0 Å². The predicted molar refractivity (Wildman–Crippen MR) is 71.4 cm³/mol. The zero-order valence-corrected chi connectivity index (χ0v) is 11.8. The first-order valence-electron chi connectivity index (χ1n) is 6.17. The molecule has 3 atom stereocenters. The maximum Gasteiger partial charge on any atom is 0.328 e. The van der Waals surface area contributed by atoms with Crippen LogP contribution in [0.5, 0.6) is 0 Å². The molecule has 1 aliphatic carbocycles. The molecular weight excluding hydrogens is 256 g/mol. The minimum Gasteiger partial charge on any atom is -0.467 e. The summed E-state index contributed by atoms with van der Waals surface area (Å²) in [4.78, 5) is 22.9. The Kier molecular flexibility index (Phi) is 7.95. The third-order valence-electron chi connectivity index (χ3n) is 3.35. The number of hydrogen-bond acceptors (Lipinski definition) is 4. The summed E-state index contributed by atoms with van der Waals surface area (Å²) in [7, 11) is 1.31. The number of nitrogens with two attached hydrogens (primary N) is 1. The Bertz CT molecular complexity index is 286. The minimum atomic E-state index is -0.590. The molecular formula is C12H23ClN2O3. The van der Waals surface area contributed by atoms with Crippen molar-refractivity contribution >= 4 is 24.3 Å². The lowest BCUT2D eigenvalue weighted by molar-refractivity contribution is -0.144. The van der Waals surface area contributed by atoms with Gasteiger partial charge in [0.15, 0.2) is 0 Å². The third-order valence-corrected chi connectivity index (χ3v) is 3.35. The molecule has 0 aromatic carbocycles. The summed E-state index contributed by atoms with van der Waals surface area (Å²) in [6.07, 6.45) is 4.68. The molecule has 0 saturated heterocycles. The van der Waals surface area contributed by atoms with Crippen molar-refractivity contribution in [3.8, 4) is 0 Å². The fourth-order valence-corrected chi connectivity index (χ4v) is 2.26. The molecule has 0 bridgehead atoms. The highest BCUT2D eigenvalue weighted by molar-refractivity contribution is 5.85. The first-order valence-corrected chi connectivity index (χ1v) is 6.17. The summed E-state index contributed by atoms with van der Waals surface area (Å²) >= 11 is 0. The summed E-state index contributed by atoms with van der Waals surface area (Å²) in [5.74, 6) is -0.301. The van der Waals surface area contributed by atoms with Gasteiger partial charge in [-0.1, -0.05) is 12.8 Å². The molecule has 0 heterocycles. The third kappa shape index (κ3) is 5.23. The highest BCUT2D eigenvalue weighted by Gasteiger charge is 2.25. The highest BCUT2D eigenvalue weighted by Crippen LogP contribution is 2.25. The van der Waals surface area contributed by atoms with Crippen LogP contribution in [-0.4, -0.2) is 31.1 Å². The van der Waals surface area contributed by atoms with E-state index in [1.165, 1.54) is 7.11 Å². The van der Waals surface area contributed by atoms with E-state index in [0.29, 0.717) is 6.42 Å². The number of carbonyl (C=O) groups excluding carboxylic acids is 2. The van der Waals surface area contributed by atoms with E-state index in [1.54, 1.807) is 6.92 Å². The molecule has 1 rings (SSSR count). The molecule has 0 radical (unpaired) electrons. The fourth-order valence-electron chi connectivity index (χ4n) is 2.26.